The summed E-state index contributed by atoms with van der Waals surface area (Å²) in [5.41, 5.74) is 12.3. The second kappa shape index (κ2) is 20.7. The maximum Gasteiger partial charge on any atom is 0.407 e. The highest BCUT2D eigenvalue weighted by Gasteiger charge is 2.36. The monoisotopic (exact) mass is 919 g/mol. The maximum atomic E-state index is 13.2. The van der Waals surface area contributed by atoms with Crippen molar-refractivity contribution in [2.75, 3.05) is 13.1 Å². The molecule has 5 aromatic carbocycles. The molecular weight excluding hydrogens is 841 g/mol. The number of hydrogen-bond acceptors (Lipinski definition) is 6. The summed E-state index contributed by atoms with van der Waals surface area (Å²) in [6.45, 7) is 28.6. The second-order valence-electron chi connectivity index (χ2n) is 23.5. The van der Waals surface area contributed by atoms with Gasteiger partial charge in [-0.25, -0.2) is 9.59 Å². The number of benzene rings is 5. The average Bonchev–Trinajstić information content (AvgIpc) is 3.94. The zero-order valence-corrected chi connectivity index (χ0v) is 42.9. The fourth-order valence-corrected chi connectivity index (χ4v) is 9.81. The van der Waals surface area contributed by atoms with Gasteiger partial charge in [0.1, 0.15) is 12.2 Å². The Bertz CT molecular complexity index is 2170. The van der Waals surface area contributed by atoms with Gasteiger partial charge in [0, 0.05) is 62.9 Å². The summed E-state index contributed by atoms with van der Waals surface area (Å²) in [6, 6.07) is 44.1. The SMILES string of the molecule is CC(C)(C)c1ccc(C(c2ccc(C(C)(C)C)cc2)[C@H]2C[C@@H](OC(=O)NCc3cccc(CNC(=O)O[C@H]4CN[C@@H](C(c5ccc(C(C)(C)C)cc5)c5ccc(C(C)(C)C)cc5)C4)c3)CN2)cc1. The van der Waals surface area contributed by atoms with Crippen LogP contribution in [0.1, 0.15) is 163 Å². The van der Waals surface area contributed by atoms with E-state index in [4.69, 9.17) is 9.47 Å². The number of rotatable bonds is 12. The largest absolute Gasteiger partial charge is 0.445 e. The van der Waals surface area contributed by atoms with E-state index >= 15 is 0 Å². The molecule has 8 nitrogen and oxygen atoms in total. The molecule has 5 aromatic rings. The smallest absolute Gasteiger partial charge is 0.407 e. The number of alkyl carbamates (subject to hydrolysis) is 2. The van der Waals surface area contributed by atoms with E-state index in [1.54, 1.807) is 0 Å². The van der Waals surface area contributed by atoms with Crippen molar-refractivity contribution < 1.29 is 19.1 Å². The van der Waals surface area contributed by atoms with Gasteiger partial charge in [0.15, 0.2) is 0 Å². The topological polar surface area (TPSA) is 101 Å². The van der Waals surface area contributed by atoms with Gasteiger partial charge in [-0.05, 0) is 77.3 Å². The fourth-order valence-electron chi connectivity index (χ4n) is 9.81. The van der Waals surface area contributed by atoms with E-state index in [1.165, 1.54) is 44.5 Å². The molecule has 2 saturated heterocycles. The fraction of sp³-hybridized carbons (Fsp3) is 0.467. The van der Waals surface area contributed by atoms with Crippen molar-refractivity contribution in [3.05, 3.63) is 177 Å². The summed E-state index contributed by atoms with van der Waals surface area (Å²) in [4.78, 5) is 26.4. The highest BCUT2D eigenvalue weighted by molar-refractivity contribution is 5.68. The maximum absolute atomic E-state index is 13.2. The Labute approximate surface area is 407 Å². The molecule has 0 aliphatic carbocycles. The van der Waals surface area contributed by atoms with E-state index in [9.17, 15) is 9.59 Å². The van der Waals surface area contributed by atoms with Crippen molar-refractivity contribution in [3.8, 4) is 0 Å². The van der Waals surface area contributed by atoms with E-state index in [1.807, 2.05) is 24.3 Å². The summed E-state index contributed by atoms with van der Waals surface area (Å²) in [5.74, 6) is 0.206. The number of hydrogen-bond donors (Lipinski definition) is 4. The van der Waals surface area contributed by atoms with Crippen LogP contribution in [0.4, 0.5) is 9.59 Å². The number of ether oxygens (including phenoxy) is 2. The first-order chi connectivity index (χ1) is 32.0. The first-order valence-electron chi connectivity index (χ1n) is 24.9. The molecule has 0 aromatic heterocycles. The van der Waals surface area contributed by atoms with Crippen LogP contribution in [0.3, 0.4) is 0 Å². The lowest BCUT2D eigenvalue weighted by Gasteiger charge is -2.27. The van der Waals surface area contributed by atoms with Gasteiger partial charge in [-0.2, -0.15) is 0 Å². The molecule has 0 saturated carbocycles. The second-order valence-corrected chi connectivity index (χ2v) is 23.5. The number of nitrogens with one attached hydrogen (secondary N) is 4. The van der Waals surface area contributed by atoms with Gasteiger partial charge in [0.2, 0.25) is 0 Å². The molecule has 7 rings (SSSR count). The Morgan fingerprint density at radius 2 is 0.750 bits per heavy atom. The summed E-state index contributed by atoms with van der Waals surface area (Å²) < 4.78 is 12.0. The van der Waals surface area contributed by atoms with Crippen LogP contribution in [0, 0.1) is 0 Å². The molecule has 0 bridgehead atoms. The Morgan fingerprint density at radius 3 is 1.01 bits per heavy atom. The van der Waals surface area contributed by atoms with Gasteiger partial charge in [0.05, 0.1) is 0 Å². The minimum absolute atomic E-state index is 0.0667. The van der Waals surface area contributed by atoms with E-state index in [0.717, 1.165) is 11.1 Å². The first-order valence-corrected chi connectivity index (χ1v) is 24.9. The molecular formula is C60H78N4O4. The standard InChI is InChI=1S/C60H78N4O4/c1-57(2,3)45-24-16-41(17-25-45)53(42-18-26-46(27-19-42)58(4,5)6)51-33-49(37-61-51)67-55(65)63-35-39-14-13-15-40(32-39)36-64-56(66)68-50-34-52(62-38-50)54(43-20-28-47(29-21-43)59(7,8)9)44-22-30-48(31-23-44)60(10,11)12/h13-32,49-54,61-62H,33-38H2,1-12H3,(H,63,65)(H,64,66)/t49-,50-,51-,52-/m1/s1. The third kappa shape index (κ3) is 13.0. The third-order valence-electron chi connectivity index (χ3n) is 14.0. The Balaban J connectivity index is 0.907. The molecule has 0 unspecified atom stereocenters. The Morgan fingerprint density at radius 1 is 0.471 bits per heavy atom. The molecule has 68 heavy (non-hydrogen) atoms. The van der Waals surface area contributed by atoms with Gasteiger partial charge in [-0.3, -0.25) is 0 Å². The average molecular weight is 919 g/mol. The van der Waals surface area contributed by atoms with Crippen LogP contribution in [-0.4, -0.2) is 49.6 Å². The number of carbonyl (C=O) groups is 2. The van der Waals surface area contributed by atoms with Crippen molar-refractivity contribution in [3.63, 3.8) is 0 Å². The van der Waals surface area contributed by atoms with Crippen molar-refractivity contribution in [2.45, 2.75) is 167 Å². The number of carbonyl (C=O) groups excluding carboxylic acids is 2. The van der Waals surface area contributed by atoms with Crippen LogP contribution in [-0.2, 0) is 44.2 Å². The quantitative estimate of drug-likeness (QED) is 0.0995. The van der Waals surface area contributed by atoms with Gasteiger partial charge < -0.3 is 30.7 Å². The Kier molecular flexibility index (Phi) is 15.3. The van der Waals surface area contributed by atoms with Crippen LogP contribution in [0.15, 0.2) is 121 Å². The lowest BCUT2D eigenvalue weighted by Crippen LogP contribution is -2.30. The normalized spacial score (nSPS) is 19.0. The summed E-state index contributed by atoms with van der Waals surface area (Å²) in [6.07, 6.45) is -0.0101. The zero-order chi connectivity index (χ0) is 49.0. The van der Waals surface area contributed by atoms with Crippen molar-refractivity contribution in [2.24, 2.45) is 0 Å². The predicted octanol–water partition coefficient (Wildman–Crippen LogP) is 12.5. The Hall–Kier alpha value is -5.44. The molecule has 362 valence electrons. The highest BCUT2D eigenvalue weighted by Crippen LogP contribution is 2.38. The predicted molar refractivity (Wildman–Crippen MR) is 278 cm³/mol. The van der Waals surface area contributed by atoms with Crippen LogP contribution in [0.2, 0.25) is 0 Å². The van der Waals surface area contributed by atoms with Crippen LogP contribution in [0.5, 0.6) is 0 Å². The number of amides is 2. The summed E-state index contributed by atoms with van der Waals surface area (Å²) >= 11 is 0. The summed E-state index contributed by atoms with van der Waals surface area (Å²) in [7, 11) is 0. The van der Waals surface area contributed by atoms with Crippen LogP contribution >= 0.6 is 0 Å². The molecule has 0 radical (unpaired) electrons. The highest BCUT2D eigenvalue weighted by atomic mass is 16.6. The van der Waals surface area contributed by atoms with Gasteiger partial charge in [-0.1, -0.05) is 204 Å². The molecule has 4 N–H and O–H groups in total. The zero-order valence-electron chi connectivity index (χ0n) is 42.9. The molecule has 2 fully saturated rings. The summed E-state index contributed by atoms with van der Waals surface area (Å²) in [5, 5.41) is 13.3. The van der Waals surface area contributed by atoms with Crippen LogP contribution < -0.4 is 21.3 Å². The van der Waals surface area contributed by atoms with Crippen molar-refractivity contribution >= 4 is 12.2 Å². The third-order valence-corrected chi connectivity index (χ3v) is 14.0. The van der Waals surface area contributed by atoms with Gasteiger partial charge in [-0.15, -0.1) is 0 Å². The van der Waals surface area contributed by atoms with Gasteiger partial charge in [0.25, 0.3) is 0 Å². The minimum Gasteiger partial charge on any atom is -0.445 e. The molecule has 2 amide bonds. The van der Waals surface area contributed by atoms with E-state index in [0.29, 0.717) is 39.0 Å². The van der Waals surface area contributed by atoms with Gasteiger partial charge >= 0.3 is 12.2 Å². The van der Waals surface area contributed by atoms with Crippen molar-refractivity contribution in [1.82, 2.24) is 21.3 Å². The lowest BCUT2D eigenvalue weighted by molar-refractivity contribution is 0.104. The molecule has 8 heteroatoms. The minimum atomic E-state index is -0.445. The van der Waals surface area contributed by atoms with E-state index in [-0.39, 0.29) is 57.8 Å². The van der Waals surface area contributed by atoms with Crippen molar-refractivity contribution in [1.29, 1.82) is 0 Å². The molecule has 2 heterocycles. The lowest BCUT2D eigenvalue weighted by atomic mass is 9.80. The van der Waals surface area contributed by atoms with E-state index < -0.39 is 12.2 Å². The molecule has 4 atom stereocenters. The first kappa shape index (κ1) is 50.4. The van der Waals surface area contributed by atoms with Crippen LogP contribution in [0.25, 0.3) is 0 Å². The molecule has 2 aliphatic heterocycles. The van der Waals surface area contributed by atoms with E-state index in [2.05, 4.69) is 201 Å². The molecule has 2 aliphatic rings. The molecule has 0 spiro atoms.